The van der Waals surface area contributed by atoms with Crippen molar-refractivity contribution in [1.82, 2.24) is 14.8 Å². The molecule has 6 nitrogen and oxygen atoms in total. The molecule has 0 saturated heterocycles. The monoisotopic (exact) mass is 500 g/mol. The highest BCUT2D eigenvalue weighted by Crippen LogP contribution is 2.28. The Morgan fingerprint density at radius 1 is 1.14 bits per heavy atom. The Hall–Kier alpha value is -1.90. The molecular weight excluding hydrogens is 467 g/mol. The molecule has 1 N–H and O–H groups in total. The molecule has 0 atom stereocenters. The van der Waals surface area contributed by atoms with Crippen molar-refractivity contribution in [3.05, 3.63) is 47.8 Å². The zero-order valence-corrected chi connectivity index (χ0v) is 19.9. The summed E-state index contributed by atoms with van der Waals surface area (Å²) in [6.07, 6.45) is 2.94. The lowest BCUT2D eigenvalue weighted by molar-refractivity contribution is 0.287. The van der Waals surface area contributed by atoms with Crippen LogP contribution in [0.3, 0.4) is 0 Å². The maximum atomic E-state index is 5.71. The third-order valence-corrected chi connectivity index (χ3v) is 4.33. The second-order valence-electron chi connectivity index (χ2n) is 6.34. The van der Waals surface area contributed by atoms with E-state index in [9.17, 15) is 0 Å². The van der Waals surface area contributed by atoms with Crippen molar-refractivity contribution in [2.45, 2.75) is 26.8 Å². The van der Waals surface area contributed by atoms with E-state index in [-0.39, 0.29) is 24.0 Å². The van der Waals surface area contributed by atoms with Gasteiger partial charge in [-0.25, -0.2) is 0 Å². The second kappa shape index (κ2) is 12.5. The normalized spacial score (nSPS) is 11.0. The third kappa shape index (κ3) is 6.92. The van der Waals surface area contributed by atoms with Gasteiger partial charge in [0.1, 0.15) is 0 Å². The van der Waals surface area contributed by atoms with Crippen LogP contribution in [0.15, 0.2) is 41.5 Å². The first-order valence-electron chi connectivity index (χ1n) is 9.49. The van der Waals surface area contributed by atoms with Gasteiger partial charge in [0.15, 0.2) is 17.5 Å². The highest BCUT2D eigenvalue weighted by Gasteiger charge is 2.09. The number of aromatic nitrogens is 1. The lowest BCUT2D eigenvalue weighted by Crippen LogP contribution is -2.39. The molecule has 1 aromatic carbocycles. The summed E-state index contributed by atoms with van der Waals surface area (Å²) in [7, 11) is 5.92. The summed E-state index contributed by atoms with van der Waals surface area (Å²) in [5.41, 5.74) is 2.45. The van der Waals surface area contributed by atoms with Crippen molar-refractivity contribution in [2.75, 3.05) is 33.9 Å². The second-order valence-corrected chi connectivity index (χ2v) is 6.34. The maximum Gasteiger partial charge on any atom is 0.193 e. The molecule has 0 aliphatic heterocycles. The van der Waals surface area contributed by atoms with Crippen LogP contribution >= 0.6 is 24.0 Å². The summed E-state index contributed by atoms with van der Waals surface area (Å²) in [4.78, 5) is 6.52. The van der Waals surface area contributed by atoms with Crippen LogP contribution in [-0.2, 0) is 20.0 Å². The number of guanidine groups is 1. The Morgan fingerprint density at radius 2 is 1.86 bits per heavy atom. The first kappa shape index (κ1) is 24.1. The SMILES string of the molecule is CCOc1ccc(CCNC(=NC)N(C)Cc2cccn2C)cc1OCC.I. The van der Waals surface area contributed by atoms with Crippen LogP contribution in [0.1, 0.15) is 25.1 Å². The number of rotatable bonds is 9. The Morgan fingerprint density at radius 3 is 2.46 bits per heavy atom. The number of nitrogens with one attached hydrogen (secondary N) is 1. The fraction of sp³-hybridized carbons (Fsp3) is 0.476. The largest absolute Gasteiger partial charge is 0.490 e. The molecule has 156 valence electrons. The van der Waals surface area contributed by atoms with Crippen LogP contribution in [0, 0.1) is 0 Å². The zero-order valence-electron chi connectivity index (χ0n) is 17.6. The average molecular weight is 500 g/mol. The van der Waals surface area contributed by atoms with Gasteiger partial charge in [-0.3, -0.25) is 4.99 Å². The molecule has 2 aromatic rings. The van der Waals surface area contributed by atoms with Gasteiger partial charge in [-0.05, 0) is 50.1 Å². The van der Waals surface area contributed by atoms with Gasteiger partial charge in [0.2, 0.25) is 0 Å². The van der Waals surface area contributed by atoms with Crippen molar-refractivity contribution in [1.29, 1.82) is 0 Å². The Balaban J connectivity index is 0.00000392. The Labute approximate surface area is 185 Å². The predicted molar refractivity (Wildman–Crippen MR) is 126 cm³/mol. The van der Waals surface area contributed by atoms with Crippen LogP contribution in [0.5, 0.6) is 11.5 Å². The maximum absolute atomic E-state index is 5.71. The molecule has 0 amide bonds. The van der Waals surface area contributed by atoms with Gasteiger partial charge in [-0.15, -0.1) is 24.0 Å². The van der Waals surface area contributed by atoms with Gasteiger partial charge >= 0.3 is 0 Å². The highest BCUT2D eigenvalue weighted by molar-refractivity contribution is 14.0. The number of aliphatic imine (C=N–C) groups is 1. The Kier molecular flexibility index (Phi) is 10.8. The van der Waals surface area contributed by atoms with Crippen molar-refractivity contribution in [2.24, 2.45) is 12.0 Å². The molecule has 0 unspecified atom stereocenters. The Bertz CT molecular complexity index is 746. The number of ether oxygens (including phenoxy) is 2. The molecule has 0 spiro atoms. The summed E-state index contributed by atoms with van der Waals surface area (Å²) in [5.74, 6) is 2.49. The molecule has 0 radical (unpaired) electrons. The minimum atomic E-state index is 0. The average Bonchev–Trinajstić information content (AvgIpc) is 3.05. The minimum absolute atomic E-state index is 0. The lowest BCUT2D eigenvalue weighted by Gasteiger charge is -2.22. The molecule has 7 heteroatoms. The summed E-state index contributed by atoms with van der Waals surface area (Å²) >= 11 is 0. The quantitative estimate of drug-likeness (QED) is 0.324. The van der Waals surface area contributed by atoms with E-state index in [0.29, 0.717) is 13.2 Å². The lowest BCUT2D eigenvalue weighted by atomic mass is 10.1. The van der Waals surface area contributed by atoms with Gasteiger partial charge in [0, 0.05) is 39.6 Å². The van der Waals surface area contributed by atoms with Crippen LogP contribution in [0.2, 0.25) is 0 Å². The number of nitrogens with zero attached hydrogens (tertiary/aromatic N) is 3. The molecule has 1 aromatic heterocycles. The number of hydrogen-bond donors (Lipinski definition) is 1. The smallest absolute Gasteiger partial charge is 0.193 e. The van der Waals surface area contributed by atoms with E-state index in [0.717, 1.165) is 37.0 Å². The van der Waals surface area contributed by atoms with Crippen LogP contribution in [0.4, 0.5) is 0 Å². The predicted octanol–water partition coefficient (Wildman–Crippen LogP) is 3.69. The van der Waals surface area contributed by atoms with Crippen LogP contribution in [0.25, 0.3) is 0 Å². The molecule has 0 bridgehead atoms. The third-order valence-electron chi connectivity index (χ3n) is 4.33. The molecule has 0 saturated carbocycles. The van der Waals surface area contributed by atoms with Gasteiger partial charge in [-0.1, -0.05) is 6.07 Å². The van der Waals surface area contributed by atoms with Crippen molar-refractivity contribution >= 4 is 29.9 Å². The molecular formula is C21H33IN4O2. The summed E-state index contributed by atoms with van der Waals surface area (Å²) in [6.45, 7) is 6.81. The topological polar surface area (TPSA) is 51.0 Å². The minimum Gasteiger partial charge on any atom is -0.490 e. The van der Waals surface area contributed by atoms with Gasteiger partial charge in [0.25, 0.3) is 0 Å². The van der Waals surface area contributed by atoms with E-state index in [1.165, 1.54) is 11.3 Å². The van der Waals surface area contributed by atoms with Crippen LogP contribution in [-0.4, -0.2) is 49.3 Å². The summed E-state index contributed by atoms with van der Waals surface area (Å²) in [6, 6.07) is 10.3. The van der Waals surface area contributed by atoms with Gasteiger partial charge in [-0.2, -0.15) is 0 Å². The molecule has 28 heavy (non-hydrogen) atoms. The van der Waals surface area contributed by atoms with E-state index in [1.807, 2.05) is 34.0 Å². The summed E-state index contributed by atoms with van der Waals surface area (Å²) in [5, 5.41) is 3.44. The standard InChI is InChI=1S/C21H32N4O2.HI/c1-6-26-19-11-10-17(15-20(19)27-7-2)12-13-23-21(22-3)25(5)16-18-9-8-14-24(18)4;/h8-11,14-15H,6-7,12-13,16H2,1-5H3,(H,22,23);1H. The van der Waals surface area contributed by atoms with E-state index < -0.39 is 0 Å². The molecule has 0 aliphatic rings. The van der Waals surface area contributed by atoms with E-state index in [1.54, 1.807) is 0 Å². The number of aryl methyl sites for hydroxylation is 1. The van der Waals surface area contributed by atoms with E-state index in [4.69, 9.17) is 9.47 Å². The highest BCUT2D eigenvalue weighted by atomic mass is 127. The first-order chi connectivity index (χ1) is 13.1. The fourth-order valence-corrected chi connectivity index (χ4v) is 2.93. The van der Waals surface area contributed by atoms with E-state index in [2.05, 4.69) is 57.3 Å². The fourth-order valence-electron chi connectivity index (χ4n) is 2.93. The van der Waals surface area contributed by atoms with E-state index >= 15 is 0 Å². The zero-order chi connectivity index (χ0) is 19.6. The number of halogens is 1. The number of hydrogen-bond acceptors (Lipinski definition) is 3. The van der Waals surface area contributed by atoms with Gasteiger partial charge < -0.3 is 24.3 Å². The van der Waals surface area contributed by atoms with Crippen molar-refractivity contribution in [3.63, 3.8) is 0 Å². The number of benzene rings is 1. The molecule has 2 rings (SSSR count). The molecule has 0 fully saturated rings. The van der Waals surface area contributed by atoms with Crippen molar-refractivity contribution < 1.29 is 9.47 Å². The first-order valence-corrected chi connectivity index (χ1v) is 9.49. The van der Waals surface area contributed by atoms with Gasteiger partial charge in [0.05, 0.1) is 19.8 Å². The molecule has 0 aliphatic carbocycles. The summed E-state index contributed by atoms with van der Waals surface area (Å²) < 4.78 is 13.5. The molecule has 1 heterocycles. The van der Waals surface area contributed by atoms with Crippen molar-refractivity contribution in [3.8, 4) is 11.5 Å². The van der Waals surface area contributed by atoms with Crippen LogP contribution < -0.4 is 14.8 Å².